The third kappa shape index (κ3) is 2.82. The van der Waals surface area contributed by atoms with Crippen molar-refractivity contribution in [1.82, 2.24) is 10.2 Å². The number of aliphatic hydroxyl groups excluding tert-OH is 1. The average Bonchev–Trinajstić information content (AvgIpc) is 3.42. The van der Waals surface area contributed by atoms with Crippen molar-refractivity contribution in [2.24, 2.45) is 5.92 Å². The van der Waals surface area contributed by atoms with Gasteiger partial charge in [-0.3, -0.25) is 9.69 Å². The van der Waals surface area contributed by atoms with E-state index in [9.17, 15) is 24.9 Å². The van der Waals surface area contributed by atoms with Gasteiger partial charge in [-0.15, -0.1) is 0 Å². The van der Waals surface area contributed by atoms with Crippen LogP contribution in [0, 0.1) is 5.92 Å². The summed E-state index contributed by atoms with van der Waals surface area (Å²) in [5.41, 5.74) is -0.490. The molecule has 5 atom stereocenters. The van der Waals surface area contributed by atoms with Crippen LogP contribution < -0.4 is 10.1 Å². The molecule has 9 nitrogen and oxygen atoms in total. The highest BCUT2D eigenvalue weighted by Gasteiger charge is 2.73. The third-order valence-electron chi connectivity index (χ3n) is 9.03. The number of esters is 1. The second-order valence-corrected chi connectivity index (χ2v) is 10.8. The number of amides is 1. The van der Waals surface area contributed by atoms with Crippen molar-refractivity contribution in [3.8, 4) is 11.5 Å². The molecule has 1 aromatic rings. The van der Waals surface area contributed by atoms with Gasteiger partial charge in [0.1, 0.15) is 11.8 Å². The van der Waals surface area contributed by atoms with E-state index in [1.165, 1.54) is 12.8 Å². The topological polar surface area (TPSA) is 129 Å². The maximum atomic E-state index is 13.3. The van der Waals surface area contributed by atoms with Crippen molar-refractivity contribution in [2.75, 3.05) is 19.7 Å². The van der Waals surface area contributed by atoms with Crippen molar-refractivity contribution < 1.29 is 34.4 Å². The SMILES string of the molecule is C.O=C(N[C@H]1CCOC1=O)C1=C(O)[C@@H]2Oc3c(O)ccc4c3[C@@]23CCN(CC2CC2)[C@H](C4)[C@]3(O)C1. The predicted molar refractivity (Wildman–Crippen MR) is 124 cm³/mol. The summed E-state index contributed by atoms with van der Waals surface area (Å²) in [6, 6.07) is 2.48. The monoisotopic (exact) mass is 484 g/mol. The van der Waals surface area contributed by atoms with Crippen molar-refractivity contribution >= 4 is 11.9 Å². The summed E-state index contributed by atoms with van der Waals surface area (Å²) >= 11 is 0. The smallest absolute Gasteiger partial charge is 0.328 e. The Morgan fingerprint density at radius 3 is 2.74 bits per heavy atom. The van der Waals surface area contributed by atoms with E-state index >= 15 is 0 Å². The fourth-order valence-electron chi connectivity index (χ4n) is 7.24. The first-order chi connectivity index (χ1) is 16.3. The van der Waals surface area contributed by atoms with Crippen LogP contribution in [0.3, 0.4) is 0 Å². The number of piperidine rings is 1. The fourth-order valence-corrected chi connectivity index (χ4v) is 7.24. The van der Waals surface area contributed by atoms with Crippen molar-refractivity contribution in [3.05, 3.63) is 34.6 Å². The zero-order valence-corrected chi connectivity index (χ0v) is 18.7. The molecule has 0 radical (unpaired) electrons. The number of aromatic hydroxyl groups is 1. The van der Waals surface area contributed by atoms with Crippen molar-refractivity contribution in [2.45, 2.75) is 75.2 Å². The number of aliphatic hydroxyl groups is 2. The van der Waals surface area contributed by atoms with Gasteiger partial charge >= 0.3 is 5.97 Å². The Labute approximate surface area is 203 Å². The Morgan fingerprint density at radius 1 is 1.23 bits per heavy atom. The summed E-state index contributed by atoms with van der Waals surface area (Å²) in [5.74, 6) is -0.423. The number of phenolic OH excluding ortho intramolecular Hbond substituents is 1. The van der Waals surface area contributed by atoms with Crippen LogP contribution in [0.15, 0.2) is 23.5 Å². The minimum absolute atomic E-state index is 0. The summed E-state index contributed by atoms with van der Waals surface area (Å²) in [6.45, 7) is 1.89. The van der Waals surface area contributed by atoms with E-state index in [4.69, 9.17) is 9.47 Å². The minimum Gasteiger partial charge on any atom is -0.508 e. The number of nitrogens with zero attached hydrogens (tertiary/aromatic N) is 1. The standard InChI is InChI=1S/C25H28N2O7.CH4/c28-16-4-3-13-9-17-25(32)10-14(22(30)26-15-5-8-33-23(15)31)19(29)21-24(25,18(13)20(16)34-21)6-7-27(17)11-12-1-2-12;/h3-4,12,15,17,21,28-29,32H,1-2,5-11H2,(H,26,30);1H4/t15-,17+,21-,24-,25+;/m0./s1. The number of nitrogens with one attached hydrogen (secondary N) is 1. The maximum absolute atomic E-state index is 13.3. The summed E-state index contributed by atoms with van der Waals surface area (Å²) in [5, 5.41) is 37.2. The molecule has 6 aliphatic rings. The molecule has 1 saturated carbocycles. The Morgan fingerprint density at radius 2 is 2.03 bits per heavy atom. The van der Waals surface area contributed by atoms with Crippen LogP contribution in [0.4, 0.5) is 0 Å². The molecular formula is C26H32N2O7. The lowest BCUT2D eigenvalue weighted by molar-refractivity contribution is -0.172. The zero-order valence-electron chi connectivity index (χ0n) is 18.7. The number of hydrogen-bond acceptors (Lipinski definition) is 8. The molecule has 9 heteroatoms. The molecule has 0 unspecified atom stereocenters. The van der Waals surface area contributed by atoms with Crippen LogP contribution in [0.5, 0.6) is 11.5 Å². The van der Waals surface area contributed by atoms with Crippen molar-refractivity contribution in [3.63, 3.8) is 0 Å². The number of carbonyl (C=O) groups excluding carboxylic acids is 2. The molecule has 4 N–H and O–H groups in total. The molecule has 2 saturated heterocycles. The number of ether oxygens (including phenoxy) is 2. The second-order valence-electron chi connectivity index (χ2n) is 10.8. The van der Waals surface area contributed by atoms with Crippen LogP contribution >= 0.6 is 0 Å². The van der Waals surface area contributed by atoms with Gasteiger partial charge in [-0.2, -0.15) is 0 Å². The summed E-state index contributed by atoms with van der Waals surface area (Å²) in [4.78, 5) is 27.5. The first kappa shape index (κ1) is 22.7. The van der Waals surface area contributed by atoms with E-state index in [-0.39, 0.29) is 43.6 Å². The maximum Gasteiger partial charge on any atom is 0.328 e. The molecule has 0 aromatic heterocycles. The van der Waals surface area contributed by atoms with Crippen LogP contribution in [0.2, 0.25) is 0 Å². The van der Waals surface area contributed by atoms with Gasteiger partial charge in [0.2, 0.25) is 0 Å². The molecule has 1 amide bonds. The van der Waals surface area contributed by atoms with Crippen LogP contribution in [0.1, 0.15) is 50.7 Å². The molecule has 1 aromatic carbocycles. The molecule has 7 rings (SSSR count). The van der Waals surface area contributed by atoms with Gasteiger partial charge in [0, 0.05) is 31.0 Å². The largest absolute Gasteiger partial charge is 0.508 e. The van der Waals surface area contributed by atoms with E-state index in [1.807, 2.05) is 6.07 Å². The zero-order chi connectivity index (χ0) is 23.4. The highest BCUT2D eigenvalue weighted by molar-refractivity contribution is 5.97. The average molecular weight is 485 g/mol. The van der Waals surface area contributed by atoms with Gasteiger partial charge in [0.25, 0.3) is 5.91 Å². The van der Waals surface area contributed by atoms with Gasteiger partial charge in [-0.1, -0.05) is 13.5 Å². The molecular weight excluding hydrogens is 452 g/mol. The predicted octanol–water partition coefficient (Wildman–Crippen LogP) is 1.45. The summed E-state index contributed by atoms with van der Waals surface area (Å²) < 4.78 is 11.1. The highest BCUT2D eigenvalue weighted by atomic mass is 16.5. The molecule has 35 heavy (non-hydrogen) atoms. The fraction of sp³-hybridized carbons (Fsp3) is 0.615. The summed E-state index contributed by atoms with van der Waals surface area (Å²) in [7, 11) is 0. The van der Waals surface area contributed by atoms with E-state index in [2.05, 4.69) is 10.2 Å². The lowest BCUT2D eigenvalue weighted by atomic mass is 9.49. The van der Waals surface area contributed by atoms with Crippen LogP contribution in [-0.2, 0) is 26.2 Å². The number of phenols is 1. The Balaban J connectivity index is 0.00000229. The van der Waals surface area contributed by atoms with E-state index < -0.39 is 35.0 Å². The number of hydrogen-bond donors (Lipinski definition) is 4. The highest BCUT2D eigenvalue weighted by Crippen LogP contribution is 2.66. The minimum atomic E-state index is -1.37. The Kier molecular flexibility index (Phi) is 4.77. The van der Waals surface area contributed by atoms with Gasteiger partial charge in [-0.05, 0) is 49.8 Å². The Bertz CT molecular complexity index is 1160. The van der Waals surface area contributed by atoms with Gasteiger partial charge < -0.3 is 30.1 Å². The molecule has 188 valence electrons. The van der Waals surface area contributed by atoms with Crippen LogP contribution in [0.25, 0.3) is 0 Å². The normalized spacial score (nSPS) is 36.7. The number of rotatable bonds is 4. The lowest BCUT2D eigenvalue weighted by Gasteiger charge is -2.62. The van der Waals surface area contributed by atoms with Crippen molar-refractivity contribution in [1.29, 1.82) is 0 Å². The Hall–Kier alpha value is -2.78. The molecule has 3 aliphatic heterocycles. The van der Waals surface area contributed by atoms with E-state index in [1.54, 1.807) is 6.07 Å². The molecule has 3 aliphatic carbocycles. The second kappa shape index (κ2) is 7.36. The van der Waals surface area contributed by atoms with E-state index in [0.717, 1.165) is 24.2 Å². The molecule has 1 spiro atoms. The third-order valence-corrected chi connectivity index (χ3v) is 9.03. The van der Waals surface area contributed by atoms with Crippen LogP contribution in [-0.4, -0.2) is 75.6 Å². The lowest BCUT2D eigenvalue weighted by Crippen LogP contribution is -2.75. The quantitative estimate of drug-likeness (QED) is 0.473. The molecule has 3 fully saturated rings. The summed E-state index contributed by atoms with van der Waals surface area (Å²) in [6.07, 6.45) is 2.86. The van der Waals surface area contributed by atoms with Gasteiger partial charge in [-0.25, -0.2) is 4.79 Å². The van der Waals surface area contributed by atoms with Gasteiger partial charge in [0.15, 0.2) is 17.6 Å². The molecule has 2 bridgehead atoms. The number of likely N-dealkylation sites (tertiary alicyclic amines) is 1. The van der Waals surface area contributed by atoms with Gasteiger partial charge in [0.05, 0.1) is 23.2 Å². The number of benzene rings is 1. The first-order valence-corrected chi connectivity index (χ1v) is 12.2. The number of cyclic esters (lactones) is 1. The molecule has 3 heterocycles. The first-order valence-electron chi connectivity index (χ1n) is 12.2. The van der Waals surface area contributed by atoms with E-state index in [0.29, 0.717) is 30.9 Å². The number of carbonyl (C=O) groups is 2.